The van der Waals surface area contributed by atoms with Crippen molar-refractivity contribution in [3.63, 3.8) is 0 Å². The van der Waals surface area contributed by atoms with Gasteiger partial charge in [-0.1, -0.05) is 33.1 Å². The number of ether oxygens (including phenoxy) is 3. The first-order valence-electron chi connectivity index (χ1n) is 8.44. The summed E-state index contributed by atoms with van der Waals surface area (Å²) in [4.78, 5) is 23.0. The molecule has 0 fully saturated rings. The Kier molecular flexibility index (Phi) is 14.1. The summed E-state index contributed by atoms with van der Waals surface area (Å²) in [6.07, 6.45) is 6.43. The maximum absolute atomic E-state index is 11.7. The van der Waals surface area contributed by atoms with Gasteiger partial charge in [-0.15, -0.1) is 0 Å². The quantitative estimate of drug-likeness (QED) is 0.362. The van der Waals surface area contributed by atoms with Gasteiger partial charge in [0.15, 0.2) is 0 Å². The van der Waals surface area contributed by atoms with Crippen molar-refractivity contribution >= 4 is 11.9 Å². The van der Waals surface area contributed by atoms with Crippen LogP contribution >= 0.6 is 0 Å². The zero-order valence-electron chi connectivity index (χ0n) is 14.4. The molecular formula is C17H32O5. The van der Waals surface area contributed by atoms with Crippen LogP contribution in [0.4, 0.5) is 0 Å². The molecular weight excluding hydrogens is 284 g/mol. The molecule has 1 unspecified atom stereocenters. The molecule has 0 N–H and O–H groups in total. The fourth-order valence-corrected chi connectivity index (χ4v) is 2.05. The van der Waals surface area contributed by atoms with Crippen LogP contribution in [0, 0.1) is 5.92 Å². The van der Waals surface area contributed by atoms with Gasteiger partial charge >= 0.3 is 11.9 Å². The Hall–Kier alpha value is -1.10. The summed E-state index contributed by atoms with van der Waals surface area (Å²) in [7, 11) is 1.68. The number of esters is 2. The van der Waals surface area contributed by atoms with E-state index in [1.54, 1.807) is 7.11 Å². The molecule has 0 aromatic carbocycles. The number of unbranched alkanes of at least 4 members (excludes halogenated alkanes) is 2. The molecule has 5 heteroatoms. The molecule has 130 valence electrons. The van der Waals surface area contributed by atoms with Crippen molar-refractivity contribution in [1.29, 1.82) is 0 Å². The third kappa shape index (κ3) is 12.6. The van der Waals surface area contributed by atoms with E-state index in [1.807, 2.05) is 6.92 Å². The van der Waals surface area contributed by atoms with Crippen molar-refractivity contribution in [1.82, 2.24) is 0 Å². The first kappa shape index (κ1) is 20.9. The molecule has 0 aromatic heterocycles. The normalized spacial score (nSPS) is 12.0. The molecule has 0 aliphatic carbocycles. The Balaban J connectivity index is 3.90. The van der Waals surface area contributed by atoms with E-state index in [0.717, 1.165) is 25.7 Å². The van der Waals surface area contributed by atoms with Gasteiger partial charge in [0.25, 0.3) is 0 Å². The molecule has 0 saturated carbocycles. The third-order valence-corrected chi connectivity index (χ3v) is 3.43. The maximum Gasteiger partial charge on any atom is 0.306 e. The molecule has 0 aromatic rings. The summed E-state index contributed by atoms with van der Waals surface area (Å²) in [5, 5.41) is 0. The van der Waals surface area contributed by atoms with Crippen molar-refractivity contribution < 1.29 is 23.8 Å². The van der Waals surface area contributed by atoms with E-state index in [-0.39, 0.29) is 24.8 Å². The summed E-state index contributed by atoms with van der Waals surface area (Å²) in [5.41, 5.74) is 0. The largest absolute Gasteiger partial charge is 0.466 e. The Labute approximate surface area is 134 Å². The zero-order chi connectivity index (χ0) is 16.6. The highest BCUT2D eigenvalue weighted by atomic mass is 16.5. The van der Waals surface area contributed by atoms with E-state index >= 15 is 0 Å². The highest BCUT2D eigenvalue weighted by Crippen LogP contribution is 2.15. The number of rotatable bonds is 14. The summed E-state index contributed by atoms with van der Waals surface area (Å²) < 4.78 is 15.3. The lowest BCUT2D eigenvalue weighted by molar-refractivity contribution is -0.151. The summed E-state index contributed by atoms with van der Waals surface area (Å²) in [6, 6.07) is 0. The third-order valence-electron chi connectivity index (χ3n) is 3.43. The number of carbonyl (C=O) groups excluding carboxylic acids is 2. The smallest absolute Gasteiger partial charge is 0.306 e. The van der Waals surface area contributed by atoms with E-state index in [0.29, 0.717) is 25.7 Å². The lowest BCUT2D eigenvalue weighted by Gasteiger charge is -2.16. The standard InChI is InChI=1S/C17H32O5/c1-4-6-7-8-15(11-13-20-3)14-22-17(19)10-9-16(18)21-12-5-2/h15H,4-14H2,1-3H3. The topological polar surface area (TPSA) is 61.8 Å². The molecule has 0 bridgehead atoms. The zero-order valence-corrected chi connectivity index (χ0v) is 14.4. The Morgan fingerprint density at radius 2 is 1.55 bits per heavy atom. The minimum Gasteiger partial charge on any atom is -0.466 e. The van der Waals surface area contributed by atoms with Crippen molar-refractivity contribution in [3.8, 4) is 0 Å². The Bertz CT molecular complexity index is 291. The minimum atomic E-state index is -0.335. The molecule has 0 rings (SSSR count). The van der Waals surface area contributed by atoms with E-state index < -0.39 is 0 Å². The van der Waals surface area contributed by atoms with Crippen LogP contribution in [0.3, 0.4) is 0 Å². The second-order valence-corrected chi connectivity index (χ2v) is 5.55. The van der Waals surface area contributed by atoms with Crippen LogP contribution in [0.15, 0.2) is 0 Å². The molecule has 0 spiro atoms. The van der Waals surface area contributed by atoms with Crippen LogP contribution < -0.4 is 0 Å². The monoisotopic (exact) mass is 316 g/mol. The van der Waals surface area contributed by atoms with Crippen LogP contribution in [0.25, 0.3) is 0 Å². The molecule has 0 amide bonds. The first-order chi connectivity index (χ1) is 10.6. The first-order valence-corrected chi connectivity index (χ1v) is 8.44. The second kappa shape index (κ2) is 14.8. The summed E-state index contributed by atoms with van der Waals surface area (Å²) in [5.74, 6) is -0.327. The van der Waals surface area contributed by atoms with Gasteiger partial charge in [-0.05, 0) is 25.2 Å². The molecule has 1 atom stereocenters. The summed E-state index contributed by atoms with van der Waals surface area (Å²) >= 11 is 0. The number of hydrogen-bond acceptors (Lipinski definition) is 5. The van der Waals surface area contributed by atoms with Gasteiger partial charge in [-0.25, -0.2) is 0 Å². The van der Waals surface area contributed by atoms with Crippen LogP contribution in [-0.4, -0.2) is 38.9 Å². The highest BCUT2D eigenvalue weighted by Gasteiger charge is 2.13. The lowest BCUT2D eigenvalue weighted by Crippen LogP contribution is -2.17. The predicted molar refractivity (Wildman–Crippen MR) is 85.6 cm³/mol. The molecule has 0 radical (unpaired) electrons. The van der Waals surface area contributed by atoms with E-state index in [9.17, 15) is 9.59 Å². The van der Waals surface area contributed by atoms with Crippen molar-refractivity contribution in [2.24, 2.45) is 5.92 Å². The molecule has 0 aliphatic rings. The van der Waals surface area contributed by atoms with E-state index in [2.05, 4.69) is 6.92 Å². The second-order valence-electron chi connectivity index (χ2n) is 5.55. The van der Waals surface area contributed by atoms with Gasteiger partial charge in [0, 0.05) is 13.7 Å². The molecule has 22 heavy (non-hydrogen) atoms. The van der Waals surface area contributed by atoms with Gasteiger partial charge in [-0.2, -0.15) is 0 Å². The average Bonchev–Trinajstić information content (AvgIpc) is 2.52. The highest BCUT2D eigenvalue weighted by molar-refractivity contribution is 5.77. The molecule has 0 saturated heterocycles. The minimum absolute atomic E-state index is 0.0918. The maximum atomic E-state index is 11.7. The van der Waals surface area contributed by atoms with Crippen LogP contribution in [0.2, 0.25) is 0 Å². The van der Waals surface area contributed by atoms with Gasteiger partial charge in [0.2, 0.25) is 0 Å². The molecule has 0 heterocycles. The van der Waals surface area contributed by atoms with Gasteiger partial charge in [-0.3, -0.25) is 9.59 Å². The fourth-order valence-electron chi connectivity index (χ4n) is 2.05. The van der Waals surface area contributed by atoms with Gasteiger partial charge < -0.3 is 14.2 Å². The number of carbonyl (C=O) groups is 2. The molecule has 0 aliphatic heterocycles. The number of hydrogen-bond donors (Lipinski definition) is 0. The Morgan fingerprint density at radius 3 is 2.14 bits per heavy atom. The summed E-state index contributed by atoms with van der Waals surface area (Å²) in [6.45, 7) is 5.60. The fraction of sp³-hybridized carbons (Fsp3) is 0.882. The lowest BCUT2D eigenvalue weighted by atomic mass is 9.99. The van der Waals surface area contributed by atoms with Crippen LogP contribution in [0.1, 0.15) is 65.2 Å². The molecule has 5 nitrogen and oxygen atoms in total. The van der Waals surface area contributed by atoms with E-state index in [4.69, 9.17) is 14.2 Å². The van der Waals surface area contributed by atoms with Gasteiger partial charge in [0.1, 0.15) is 0 Å². The van der Waals surface area contributed by atoms with Crippen molar-refractivity contribution in [3.05, 3.63) is 0 Å². The Morgan fingerprint density at radius 1 is 0.864 bits per heavy atom. The van der Waals surface area contributed by atoms with Crippen LogP contribution in [0.5, 0.6) is 0 Å². The SMILES string of the molecule is CCCCCC(CCOC)COC(=O)CCC(=O)OCCC. The number of methoxy groups -OCH3 is 1. The van der Waals surface area contributed by atoms with Gasteiger partial charge in [0.05, 0.1) is 26.1 Å². The van der Waals surface area contributed by atoms with E-state index in [1.165, 1.54) is 12.8 Å². The van der Waals surface area contributed by atoms with Crippen molar-refractivity contribution in [2.45, 2.75) is 65.2 Å². The average molecular weight is 316 g/mol. The van der Waals surface area contributed by atoms with Crippen LogP contribution in [-0.2, 0) is 23.8 Å². The van der Waals surface area contributed by atoms with Crippen molar-refractivity contribution in [2.75, 3.05) is 26.9 Å². The predicted octanol–water partition coefficient (Wildman–Crippen LogP) is 3.50.